The summed E-state index contributed by atoms with van der Waals surface area (Å²) < 4.78 is 16.7. The molecule has 0 aliphatic carbocycles. The summed E-state index contributed by atoms with van der Waals surface area (Å²) in [5, 5.41) is 6.18. The van der Waals surface area contributed by atoms with Crippen LogP contribution in [0.2, 0.25) is 0 Å². The highest BCUT2D eigenvalue weighted by molar-refractivity contribution is 5.97. The number of aromatic nitrogens is 2. The van der Waals surface area contributed by atoms with Crippen LogP contribution in [0.15, 0.2) is 76.2 Å². The highest BCUT2D eigenvalue weighted by Crippen LogP contribution is 2.33. The Kier molecular flexibility index (Phi) is 7.64. The van der Waals surface area contributed by atoms with Gasteiger partial charge in [0.2, 0.25) is 11.7 Å². The molecule has 0 unspecified atom stereocenters. The molecule has 1 amide bonds. The van der Waals surface area contributed by atoms with Crippen LogP contribution in [0.3, 0.4) is 0 Å². The van der Waals surface area contributed by atoms with Crippen molar-refractivity contribution in [1.29, 1.82) is 0 Å². The molecule has 1 fully saturated rings. The fourth-order valence-corrected chi connectivity index (χ4v) is 4.69. The van der Waals surface area contributed by atoms with Crippen LogP contribution < -0.4 is 4.74 Å². The van der Waals surface area contributed by atoms with Gasteiger partial charge >= 0.3 is 6.09 Å². The Morgan fingerprint density at radius 2 is 1.80 bits per heavy atom. The molecule has 0 radical (unpaired) electrons. The molecule has 40 heavy (non-hydrogen) atoms. The maximum Gasteiger partial charge on any atom is 0.435 e. The molecule has 0 saturated carbocycles. The quantitative estimate of drug-likeness (QED) is 0.152. The van der Waals surface area contributed by atoms with Gasteiger partial charge in [-0.25, -0.2) is 4.79 Å². The third-order valence-electron chi connectivity index (χ3n) is 6.58. The van der Waals surface area contributed by atoms with Crippen LogP contribution in [0.1, 0.15) is 62.8 Å². The summed E-state index contributed by atoms with van der Waals surface area (Å²) in [6.07, 6.45) is 1.12. The molecule has 9 nitrogen and oxygen atoms in total. The lowest BCUT2D eigenvalue weighted by atomic mass is 10.1. The zero-order valence-corrected chi connectivity index (χ0v) is 23.1. The van der Waals surface area contributed by atoms with Gasteiger partial charge in [0.15, 0.2) is 12.4 Å². The van der Waals surface area contributed by atoms with Gasteiger partial charge in [-0.3, -0.25) is 4.79 Å². The van der Waals surface area contributed by atoms with Crippen molar-refractivity contribution < 1.29 is 23.6 Å². The van der Waals surface area contributed by atoms with E-state index in [-0.39, 0.29) is 18.4 Å². The van der Waals surface area contributed by atoms with Gasteiger partial charge in [-0.15, -0.1) is 0 Å². The molecule has 0 N–H and O–H groups in total. The number of carbonyl (C=O) groups is 2. The average Bonchev–Trinajstić information content (AvgIpc) is 3.61. The van der Waals surface area contributed by atoms with E-state index < -0.39 is 11.7 Å². The number of hydrogen-bond acceptors (Lipinski definition) is 7. The van der Waals surface area contributed by atoms with Crippen LogP contribution in [-0.4, -0.2) is 51.5 Å². The average molecular weight is 541 g/mol. The zero-order valence-electron chi connectivity index (χ0n) is 23.1. The van der Waals surface area contributed by atoms with Crippen LogP contribution in [-0.2, 0) is 4.74 Å². The number of hydrogen-bond donors (Lipinski definition) is 0. The summed E-state index contributed by atoms with van der Waals surface area (Å²) in [6, 6.07) is 20.5. The maximum atomic E-state index is 12.4. The van der Waals surface area contributed by atoms with Gasteiger partial charge in [0.25, 0.3) is 0 Å². The summed E-state index contributed by atoms with van der Waals surface area (Å²) in [4.78, 5) is 35.4. The number of likely N-dealkylation sites (tertiary alicyclic amines) is 1. The minimum absolute atomic E-state index is 0.0284. The van der Waals surface area contributed by atoms with Crippen molar-refractivity contribution in [2.24, 2.45) is 4.99 Å². The van der Waals surface area contributed by atoms with E-state index in [9.17, 15) is 9.59 Å². The maximum absolute atomic E-state index is 12.4. The van der Waals surface area contributed by atoms with Crippen LogP contribution in [0.25, 0.3) is 22.2 Å². The minimum atomic E-state index is -0.616. The van der Waals surface area contributed by atoms with Crippen molar-refractivity contribution in [2.45, 2.75) is 52.2 Å². The Labute approximate surface area is 232 Å². The van der Waals surface area contributed by atoms with Gasteiger partial charge < -0.3 is 18.9 Å². The second-order valence-electron chi connectivity index (χ2n) is 10.7. The predicted octanol–water partition coefficient (Wildman–Crippen LogP) is 6.64. The summed E-state index contributed by atoms with van der Waals surface area (Å²) in [5.74, 6) is 2.08. The van der Waals surface area contributed by atoms with Crippen LogP contribution in [0, 0.1) is 0 Å². The number of fused-ring (bicyclic) bond motifs is 1. The van der Waals surface area contributed by atoms with Gasteiger partial charge in [-0.2, -0.15) is 9.98 Å². The van der Waals surface area contributed by atoms with Crippen LogP contribution in [0.5, 0.6) is 5.75 Å². The summed E-state index contributed by atoms with van der Waals surface area (Å²) in [5.41, 5.74) is 0.834. The molecule has 206 valence electrons. The number of amides is 1. The van der Waals surface area contributed by atoms with E-state index in [0.29, 0.717) is 28.9 Å². The number of nitrogens with zero attached hydrogens (tertiary/aromatic N) is 4. The predicted molar refractivity (Wildman–Crippen MR) is 152 cm³/mol. The summed E-state index contributed by atoms with van der Waals surface area (Å²) in [7, 11) is 0. The first-order chi connectivity index (χ1) is 19.2. The molecule has 1 aromatic heterocycles. The van der Waals surface area contributed by atoms with Gasteiger partial charge in [-0.05, 0) is 69.5 Å². The van der Waals surface area contributed by atoms with E-state index in [4.69, 9.17) is 14.0 Å². The van der Waals surface area contributed by atoms with Crippen LogP contribution in [0.4, 0.5) is 4.79 Å². The Hall–Kier alpha value is -4.53. The highest BCUT2D eigenvalue weighted by atomic mass is 16.6. The van der Waals surface area contributed by atoms with Crippen molar-refractivity contribution in [3.05, 3.63) is 78.2 Å². The Balaban J connectivity index is 1.27. The fourth-order valence-electron chi connectivity index (χ4n) is 4.69. The number of aliphatic imine (C=N–C) groups is 1. The first kappa shape index (κ1) is 27.1. The van der Waals surface area contributed by atoms with Crippen molar-refractivity contribution in [2.75, 3.05) is 13.2 Å². The Bertz CT molecular complexity index is 1560. The molecule has 4 aromatic rings. The lowest BCUT2D eigenvalue weighted by Crippen LogP contribution is -2.30. The number of amidine groups is 1. The monoisotopic (exact) mass is 540 g/mol. The molecule has 0 bridgehead atoms. The van der Waals surface area contributed by atoms with Gasteiger partial charge in [-0.1, -0.05) is 53.7 Å². The van der Waals surface area contributed by atoms with Crippen molar-refractivity contribution in [3.8, 4) is 17.1 Å². The van der Waals surface area contributed by atoms with Gasteiger partial charge in [0.1, 0.15) is 23.2 Å². The molecule has 9 heteroatoms. The Morgan fingerprint density at radius 1 is 1.05 bits per heavy atom. The standard InChI is InChI=1S/C31H32N4O5/c1-20(32-30(37)39-31(2,3)4)35-16-8-11-26(35)29-33-28(34-40-29)24-13-12-23-18-25(15-14-22(23)17-24)38-19-27(36)21-9-6-5-7-10-21/h5-7,9-10,12-15,17-18,26H,8,11,16,19H2,1-4H3/b32-20+/t26-/m0/s1. The minimum Gasteiger partial charge on any atom is -0.485 e. The van der Waals surface area contributed by atoms with E-state index in [1.165, 1.54) is 0 Å². The molecular weight excluding hydrogens is 508 g/mol. The third-order valence-corrected chi connectivity index (χ3v) is 6.58. The van der Waals surface area contributed by atoms with E-state index in [2.05, 4.69) is 15.1 Å². The summed E-state index contributed by atoms with van der Waals surface area (Å²) >= 11 is 0. The van der Waals surface area contributed by atoms with E-state index in [1.54, 1.807) is 19.1 Å². The number of Topliss-reactive ketones (excluding diaryl/α,β-unsaturated/α-hetero) is 1. The van der Waals surface area contributed by atoms with E-state index >= 15 is 0 Å². The van der Waals surface area contributed by atoms with Gasteiger partial charge in [0.05, 0.1) is 0 Å². The molecule has 0 spiro atoms. The van der Waals surface area contributed by atoms with Crippen molar-refractivity contribution in [3.63, 3.8) is 0 Å². The van der Waals surface area contributed by atoms with E-state index in [0.717, 1.165) is 35.7 Å². The number of benzene rings is 3. The van der Waals surface area contributed by atoms with Crippen molar-refractivity contribution >= 4 is 28.5 Å². The summed E-state index contributed by atoms with van der Waals surface area (Å²) in [6.45, 7) is 7.92. The normalized spacial score (nSPS) is 15.8. The molecule has 1 aliphatic heterocycles. The number of rotatable bonds is 6. The number of carbonyl (C=O) groups excluding carboxylic acids is 2. The number of ketones is 1. The molecule has 1 saturated heterocycles. The molecule has 2 heterocycles. The van der Waals surface area contributed by atoms with E-state index in [1.807, 2.05) is 80.3 Å². The van der Waals surface area contributed by atoms with Gasteiger partial charge in [0, 0.05) is 17.7 Å². The largest absolute Gasteiger partial charge is 0.485 e. The topological polar surface area (TPSA) is 107 Å². The van der Waals surface area contributed by atoms with Crippen LogP contribution >= 0.6 is 0 Å². The fraction of sp³-hybridized carbons (Fsp3) is 0.323. The SMILES string of the molecule is C/C(=N\C(=O)OC(C)(C)C)N1CCC[C@H]1c1nc(-c2ccc3cc(OCC(=O)c4ccccc4)ccc3c2)no1. The molecule has 5 rings (SSSR count). The first-order valence-corrected chi connectivity index (χ1v) is 13.3. The first-order valence-electron chi connectivity index (χ1n) is 13.3. The second kappa shape index (κ2) is 11.3. The molecule has 1 atom stereocenters. The second-order valence-corrected chi connectivity index (χ2v) is 10.7. The smallest absolute Gasteiger partial charge is 0.435 e. The lowest BCUT2D eigenvalue weighted by Gasteiger charge is -2.24. The zero-order chi connectivity index (χ0) is 28.3. The lowest BCUT2D eigenvalue weighted by molar-refractivity contribution is 0.0601. The highest BCUT2D eigenvalue weighted by Gasteiger charge is 2.32. The molecule has 1 aliphatic rings. The Morgan fingerprint density at radius 3 is 2.58 bits per heavy atom. The molecular formula is C31H32N4O5. The van der Waals surface area contributed by atoms with Crippen molar-refractivity contribution in [1.82, 2.24) is 15.0 Å². The number of ether oxygens (including phenoxy) is 2. The third kappa shape index (κ3) is 6.36. The molecule has 3 aromatic carbocycles.